The van der Waals surface area contributed by atoms with Gasteiger partial charge in [0.25, 0.3) is 5.69 Å². The third-order valence-electron chi connectivity index (χ3n) is 3.47. The third-order valence-corrected chi connectivity index (χ3v) is 3.47. The lowest BCUT2D eigenvalue weighted by Gasteiger charge is -2.08. The fourth-order valence-corrected chi connectivity index (χ4v) is 2.21. The highest BCUT2D eigenvalue weighted by Crippen LogP contribution is 2.28. The number of fused-ring (bicyclic) bond motifs is 1. The Kier molecular flexibility index (Phi) is 3.80. The second kappa shape index (κ2) is 5.93. The van der Waals surface area contributed by atoms with E-state index in [4.69, 9.17) is 4.74 Å². The van der Waals surface area contributed by atoms with Crippen LogP contribution in [-0.4, -0.2) is 9.91 Å². The largest absolute Gasteiger partial charge is 0.439 e. The summed E-state index contributed by atoms with van der Waals surface area (Å²) >= 11 is 0. The number of non-ortho nitro benzene ring substituents is 1. The van der Waals surface area contributed by atoms with Crippen LogP contribution in [-0.2, 0) is 0 Å². The summed E-state index contributed by atoms with van der Waals surface area (Å²) < 4.78 is 19.1. The molecule has 0 aliphatic rings. The van der Waals surface area contributed by atoms with E-state index in [1.54, 1.807) is 19.1 Å². The van der Waals surface area contributed by atoms with Gasteiger partial charge < -0.3 is 4.74 Å². The summed E-state index contributed by atoms with van der Waals surface area (Å²) in [5, 5.41) is 20.5. The Balaban J connectivity index is 2.06. The summed E-state index contributed by atoms with van der Waals surface area (Å²) in [6, 6.07) is 11.7. The van der Waals surface area contributed by atoms with Crippen molar-refractivity contribution in [3.8, 4) is 17.7 Å². The summed E-state index contributed by atoms with van der Waals surface area (Å²) in [6.45, 7) is 1.63. The molecule has 7 heteroatoms. The van der Waals surface area contributed by atoms with Crippen molar-refractivity contribution in [3.05, 3.63) is 69.5 Å². The van der Waals surface area contributed by atoms with Crippen LogP contribution in [0.25, 0.3) is 10.9 Å². The van der Waals surface area contributed by atoms with Gasteiger partial charge in [-0.25, -0.2) is 9.37 Å². The van der Waals surface area contributed by atoms with E-state index in [0.29, 0.717) is 16.5 Å². The molecule has 0 atom stereocenters. The lowest BCUT2D eigenvalue weighted by atomic mass is 10.1. The van der Waals surface area contributed by atoms with Crippen LogP contribution in [0.4, 0.5) is 10.1 Å². The maximum absolute atomic E-state index is 13.6. The molecule has 2 aromatic carbocycles. The molecule has 0 fully saturated rings. The zero-order valence-corrected chi connectivity index (χ0v) is 12.5. The maximum atomic E-state index is 13.6. The average molecular weight is 323 g/mol. The minimum atomic E-state index is -0.542. The van der Waals surface area contributed by atoms with Crippen LogP contribution in [0.15, 0.2) is 42.5 Å². The molecule has 1 heterocycles. The number of rotatable bonds is 3. The van der Waals surface area contributed by atoms with Crippen LogP contribution >= 0.6 is 0 Å². The summed E-state index contributed by atoms with van der Waals surface area (Å²) in [4.78, 5) is 14.5. The number of aromatic nitrogens is 1. The lowest BCUT2D eigenvalue weighted by Crippen LogP contribution is -1.94. The molecule has 0 aliphatic carbocycles. The van der Waals surface area contributed by atoms with Crippen LogP contribution in [0.5, 0.6) is 11.6 Å². The van der Waals surface area contributed by atoms with Gasteiger partial charge in [0.05, 0.1) is 16.0 Å². The molecule has 0 radical (unpaired) electrons. The fraction of sp³-hybridized carbons (Fsp3) is 0.0588. The Morgan fingerprint density at radius 1 is 1.25 bits per heavy atom. The predicted octanol–water partition coefficient (Wildman–Crippen LogP) is 4.25. The highest BCUT2D eigenvalue weighted by molar-refractivity contribution is 5.87. The zero-order chi connectivity index (χ0) is 17.3. The van der Waals surface area contributed by atoms with Crippen LogP contribution in [0.3, 0.4) is 0 Å². The second-order valence-corrected chi connectivity index (χ2v) is 5.09. The minimum Gasteiger partial charge on any atom is -0.439 e. The van der Waals surface area contributed by atoms with Crippen molar-refractivity contribution in [2.75, 3.05) is 0 Å². The van der Waals surface area contributed by atoms with Gasteiger partial charge in [-0.2, -0.15) is 5.26 Å². The van der Waals surface area contributed by atoms with Crippen molar-refractivity contribution < 1.29 is 14.1 Å². The van der Waals surface area contributed by atoms with Crippen molar-refractivity contribution in [3.63, 3.8) is 0 Å². The number of hydrogen-bond donors (Lipinski definition) is 0. The van der Waals surface area contributed by atoms with E-state index in [1.165, 1.54) is 30.3 Å². The number of halogens is 1. The topological polar surface area (TPSA) is 89.0 Å². The van der Waals surface area contributed by atoms with Crippen molar-refractivity contribution >= 4 is 16.6 Å². The molecule has 118 valence electrons. The van der Waals surface area contributed by atoms with Gasteiger partial charge in [-0.05, 0) is 24.6 Å². The highest BCUT2D eigenvalue weighted by Gasteiger charge is 2.13. The first-order valence-electron chi connectivity index (χ1n) is 6.91. The fourth-order valence-electron chi connectivity index (χ4n) is 2.21. The number of aryl methyl sites for hydroxylation is 1. The average Bonchev–Trinajstić information content (AvgIpc) is 2.57. The predicted molar refractivity (Wildman–Crippen MR) is 84.3 cm³/mol. The highest BCUT2D eigenvalue weighted by atomic mass is 19.1. The Morgan fingerprint density at radius 2 is 2.04 bits per heavy atom. The molecule has 0 spiro atoms. The molecule has 3 aromatic rings. The number of hydrogen-bond acceptors (Lipinski definition) is 5. The molecule has 0 aliphatic heterocycles. The lowest BCUT2D eigenvalue weighted by molar-refractivity contribution is -0.384. The van der Waals surface area contributed by atoms with Gasteiger partial charge >= 0.3 is 0 Å². The molecule has 24 heavy (non-hydrogen) atoms. The SMILES string of the molecule is Cc1ccc(Oc2cc(C#N)c3cc([N+](=O)[O-])ccc3n2)cc1F. The van der Waals surface area contributed by atoms with Gasteiger partial charge in [0.1, 0.15) is 17.6 Å². The number of benzene rings is 2. The quantitative estimate of drug-likeness (QED) is 0.531. The second-order valence-electron chi connectivity index (χ2n) is 5.09. The van der Waals surface area contributed by atoms with E-state index in [0.717, 1.165) is 0 Å². The molecule has 0 saturated heterocycles. The molecule has 6 nitrogen and oxygen atoms in total. The van der Waals surface area contributed by atoms with E-state index >= 15 is 0 Å². The molecule has 0 bridgehead atoms. The number of nitrogens with zero attached hydrogens (tertiary/aromatic N) is 3. The van der Waals surface area contributed by atoms with Gasteiger partial charge in [-0.15, -0.1) is 0 Å². The van der Waals surface area contributed by atoms with Gasteiger partial charge in [0, 0.05) is 29.7 Å². The molecular formula is C17H10FN3O3. The molecule has 0 unspecified atom stereocenters. The number of nitro groups is 1. The van der Waals surface area contributed by atoms with Gasteiger partial charge in [0.15, 0.2) is 0 Å². The Hall–Kier alpha value is -3.53. The summed E-state index contributed by atoms with van der Waals surface area (Å²) in [5.41, 5.74) is 0.919. The molecular weight excluding hydrogens is 313 g/mol. The van der Waals surface area contributed by atoms with Gasteiger partial charge in [-0.1, -0.05) is 6.07 Å². The standard InChI is InChI=1S/C17H10FN3O3/c1-10-2-4-13(8-15(10)18)24-17-6-11(9-19)14-7-12(21(22)23)3-5-16(14)20-17/h2-8H,1H3. The van der Waals surface area contributed by atoms with E-state index < -0.39 is 10.7 Å². The number of nitro benzene ring substituents is 1. The van der Waals surface area contributed by atoms with Crippen molar-refractivity contribution in [2.24, 2.45) is 0 Å². The van der Waals surface area contributed by atoms with Crippen LogP contribution < -0.4 is 4.74 Å². The Bertz CT molecular complexity index is 1010. The van der Waals surface area contributed by atoms with Crippen LogP contribution in [0.1, 0.15) is 11.1 Å². The summed E-state index contributed by atoms with van der Waals surface area (Å²) in [7, 11) is 0. The maximum Gasteiger partial charge on any atom is 0.270 e. The summed E-state index contributed by atoms with van der Waals surface area (Å²) in [6.07, 6.45) is 0. The molecule has 0 N–H and O–H groups in total. The molecule has 0 saturated carbocycles. The number of pyridine rings is 1. The van der Waals surface area contributed by atoms with E-state index in [2.05, 4.69) is 4.98 Å². The molecule has 3 rings (SSSR count). The van der Waals surface area contributed by atoms with Crippen LogP contribution in [0.2, 0.25) is 0 Å². The van der Waals surface area contributed by atoms with Gasteiger partial charge in [0.2, 0.25) is 5.88 Å². The Labute approximate surface area is 135 Å². The first-order valence-corrected chi connectivity index (χ1v) is 6.91. The first-order chi connectivity index (χ1) is 11.5. The summed E-state index contributed by atoms with van der Waals surface area (Å²) in [5.74, 6) is -0.0590. The van der Waals surface area contributed by atoms with Crippen molar-refractivity contribution in [1.82, 2.24) is 4.98 Å². The van der Waals surface area contributed by atoms with Crippen molar-refractivity contribution in [1.29, 1.82) is 5.26 Å². The van der Waals surface area contributed by atoms with E-state index in [1.807, 2.05) is 6.07 Å². The normalized spacial score (nSPS) is 10.4. The first kappa shape index (κ1) is 15.4. The number of nitriles is 1. The van der Waals surface area contributed by atoms with Crippen molar-refractivity contribution in [2.45, 2.75) is 6.92 Å². The molecule has 1 aromatic heterocycles. The molecule has 0 amide bonds. The Morgan fingerprint density at radius 3 is 2.71 bits per heavy atom. The third kappa shape index (κ3) is 2.85. The van der Waals surface area contributed by atoms with E-state index in [-0.39, 0.29) is 22.9 Å². The number of ether oxygens (including phenoxy) is 1. The van der Waals surface area contributed by atoms with Crippen LogP contribution in [0, 0.1) is 34.2 Å². The minimum absolute atomic E-state index is 0.108. The monoisotopic (exact) mass is 323 g/mol. The van der Waals surface area contributed by atoms with E-state index in [9.17, 15) is 19.8 Å². The smallest absolute Gasteiger partial charge is 0.270 e. The van der Waals surface area contributed by atoms with Gasteiger partial charge in [-0.3, -0.25) is 10.1 Å². The zero-order valence-electron chi connectivity index (χ0n) is 12.5.